The van der Waals surface area contributed by atoms with E-state index >= 15 is 0 Å². The van der Waals surface area contributed by atoms with Crippen molar-refractivity contribution < 1.29 is 20.1 Å². The van der Waals surface area contributed by atoms with Crippen LogP contribution in [0.2, 0.25) is 0 Å². The zero-order valence-corrected chi connectivity index (χ0v) is 15.1. The Hall–Kier alpha value is -2.58. The number of benzene rings is 1. The van der Waals surface area contributed by atoms with E-state index in [4.69, 9.17) is 4.74 Å². The minimum Gasteiger partial charge on any atom is -0.387 e. The topological polar surface area (TPSA) is 101 Å². The lowest BCUT2D eigenvalue weighted by atomic mass is 9.85. The van der Waals surface area contributed by atoms with E-state index in [0.29, 0.717) is 16.9 Å². The van der Waals surface area contributed by atoms with Gasteiger partial charge in [0.05, 0.1) is 5.69 Å². The quantitative estimate of drug-likeness (QED) is 0.636. The zero-order chi connectivity index (χ0) is 19.4. The number of aromatic nitrogens is 3. The van der Waals surface area contributed by atoms with Crippen molar-refractivity contribution in [1.82, 2.24) is 14.5 Å². The van der Waals surface area contributed by atoms with Crippen LogP contribution in [-0.2, 0) is 17.6 Å². The first kappa shape index (κ1) is 17.5. The molecule has 1 saturated heterocycles. The molecule has 28 heavy (non-hydrogen) atoms. The van der Waals surface area contributed by atoms with Crippen LogP contribution in [0.4, 0.5) is 0 Å². The molecule has 0 spiro atoms. The molecule has 7 nitrogen and oxygen atoms in total. The highest BCUT2D eigenvalue weighted by Crippen LogP contribution is 2.38. The number of aliphatic hydroxyl groups excluding tert-OH is 3. The summed E-state index contributed by atoms with van der Waals surface area (Å²) in [5.41, 5.74) is 4.43. The van der Waals surface area contributed by atoms with E-state index in [1.54, 1.807) is 16.8 Å². The lowest BCUT2D eigenvalue weighted by Crippen LogP contribution is -2.35. The Kier molecular flexibility index (Phi) is 4.06. The fourth-order valence-electron chi connectivity index (χ4n) is 4.12. The van der Waals surface area contributed by atoms with Gasteiger partial charge in [-0.15, -0.1) is 0 Å². The van der Waals surface area contributed by atoms with Crippen molar-refractivity contribution in [2.24, 2.45) is 0 Å². The van der Waals surface area contributed by atoms with Crippen LogP contribution < -0.4 is 0 Å². The highest BCUT2D eigenvalue weighted by molar-refractivity contribution is 5.84. The highest BCUT2D eigenvalue weighted by Gasteiger charge is 2.47. The summed E-state index contributed by atoms with van der Waals surface area (Å²) in [7, 11) is 0. The molecule has 2 aliphatic rings. The van der Waals surface area contributed by atoms with Gasteiger partial charge in [0.2, 0.25) is 0 Å². The molecule has 1 aliphatic carbocycles. The molecule has 5 atom stereocenters. The molecule has 3 heterocycles. The fourth-order valence-corrected chi connectivity index (χ4v) is 4.12. The fraction of sp³-hybridized carbons (Fsp3) is 0.333. The molecule has 0 radical (unpaired) electrons. The van der Waals surface area contributed by atoms with Crippen LogP contribution in [0.25, 0.3) is 17.1 Å². The average molecular weight is 379 g/mol. The van der Waals surface area contributed by atoms with Gasteiger partial charge in [-0.05, 0) is 41.7 Å². The molecule has 0 unspecified atom stereocenters. The smallest absolute Gasteiger partial charge is 0.164 e. The SMILES string of the molecule is C=Cc1ncnc2c1ccn2[C@@H]1O[C@H]([C@H](O)c2ccc3c(c2)CC3)[C@@H](O)[C@H]1O. The van der Waals surface area contributed by atoms with E-state index in [1.807, 2.05) is 24.3 Å². The number of hydrogen-bond donors (Lipinski definition) is 3. The third kappa shape index (κ3) is 2.51. The first-order chi connectivity index (χ1) is 13.6. The summed E-state index contributed by atoms with van der Waals surface area (Å²) in [5, 5.41) is 32.8. The Balaban J connectivity index is 1.46. The normalized spacial score (nSPS) is 27.4. The number of aliphatic hydroxyl groups is 3. The molecule has 1 aromatic carbocycles. The van der Waals surface area contributed by atoms with Gasteiger partial charge >= 0.3 is 0 Å². The molecule has 1 aliphatic heterocycles. The molecule has 5 rings (SSSR count). The second kappa shape index (κ2) is 6.49. The molecule has 2 aromatic heterocycles. The van der Waals surface area contributed by atoms with Gasteiger partial charge in [-0.3, -0.25) is 0 Å². The molecule has 0 saturated carbocycles. The van der Waals surface area contributed by atoms with Gasteiger partial charge in [0.1, 0.15) is 36.4 Å². The molecule has 0 amide bonds. The van der Waals surface area contributed by atoms with E-state index in [0.717, 1.165) is 18.2 Å². The number of fused-ring (bicyclic) bond motifs is 2. The van der Waals surface area contributed by atoms with Crippen molar-refractivity contribution in [3.63, 3.8) is 0 Å². The molecule has 7 heteroatoms. The van der Waals surface area contributed by atoms with Gasteiger partial charge in [-0.2, -0.15) is 0 Å². The number of rotatable bonds is 4. The van der Waals surface area contributed by atoms with Gasteiger partial charge in [-0.25, -0.2) is 9.97 Å². The first-order valence-corrected chi connectivity index (χ1v) is 9.34. The molecular formula is C21H21N3O4. The summed E-state index contributed by atoms with van der Waals surface area (Å²) in [6, 6.07) is 7.62. The number of ether oxygens (including phenoxy) is 1. The van der Waals surface area contributed by atoms with Crippen molar-refractivity contribution in [3.8, 4) is 0 Å². The minimum atomic E-state index is -1.23. The predicted octanol–water partition coefficient (Wildman–Crippen LogP) is 1.53. The van der Waals surface area contributed by atoms with Crippen LogP contribution in [0.1, 0.15) is 34.7 Å². The largest absolute Gasteiger partial charge is 0.387 e. The molecule has 1 fully saturated rings. The summed E-state index contributed by atoms with van der Waals surface area (Å²) in [5.74, 6) is 0. The predicted molar refractivity (Wildman–Crippen MR) is 102 cm³/mol. The van der Waals surface area contributed by atoms with Gasteiger partial charge in [0.25, 0.3) is 0 Å². The second-order valence-corrected chi connectivity index (χ2v) is 7.37. The third-order valence-corrected chi connectivity index (χ3v) is 5.83. The van der Waals surface area contributed by atoms with Crippen molar-refractivity contribution in [2.45, 2.75) is 43.5 Å². The van der Waals surface area contributed by atoms with Crippen LogP contribution in [0.3, 0.4) is 0 Å². The summed E-state index contributed by atoms with van der Waals surface area (Å²) in [6.07, 6.45) is 1.54. The van der Waals surface area contributed by atoms with Crippen molar-refractivity contribution >= 4 is 17.1 Å². The highest BCUT2D eigenvalue weighted by atomic mass is 16.6. The van der Waals surface area contributed by atoms with Crippen molar-refractivity contribution in [3.05, 3.63) is 65.8 Å². The van der Waals surface area contributed by atoms with Gasteiger partial charge < -0.3 is 24.6 Å². The third-order valence-electron chi connectivity index (χ3n) is 5.83. The molecule has 3 N–H and O–H groups in total. The maximum absolute atomic E-state index is 10.8. The maximum atomic E-state index is 10.8. The van der Waals surface area contributed by atoms with Crippen LogP contribution in [-0.4, -0.2) is 48.2 Å². The Morgan fingerprint density at radius 2 is 1.96 bits per heavy atom. The van der Waals surface area contributed by atoms with E-state index in [2.05, 4.69) is 16.5 Å². The number of aryl methyl sites for hydroxylation is 2. The van der Waals surface area contributed by atoms with Crippen molar-refractivity contribution in [2.75, 3.05) is 0 Å². The molecule has 3 aromatic rings. The van der Waals surface area contributed by atoms with Gasteiger partial charge in [0.15, 0.2) is 6.23 Å². The van der Waals surface area contributed by atoms with Gasteiger partial charge in [-0.1, -0.05) is 24.8 Å². The lowest BCUT2D eigenvalue weighted by molar-refractivity contribution is -0.0848. The van der Waals surface area contributed by atoms with Gasteiger partial charge in [0, 0.05) is 11.6 Å². The molecular weight excluding hydrogens is 358 g/mol. The average Bonchev–Trinajstić information content (AvgIpc) is 3.24. The Morgan fingerprint density at radius 3 is 2.68 bits per heavy atom. The van der Waals surface area contributed by atoms with Crippen LogP contribution in [0, 0.1) is 0 Å². The van der Waals surface area contributed by atoms with E-state index < -0.39 is 30.6 Å². The van der Waals surface area contributed by atoms with Crippen molar-refractivity contribution in [1.29, 1.82) is 0 Å². The van der Waals surface area contributed by atoms with Crippen LogP contribution in [0.5, 0.6) is 0 Å². The summed E-state index contributed by atoms with van der Waals surface area (Å²) in [4.78, 5) is 8.45. The van der Waals surface area contributed by atoms with E-state index in [1.165, 1.54) is 17.5 Å². The molecule has 0 bridgehead atoms. The van der Waals surface area contributed by atoms with E-state index in [9.17, 15) is 15.3 Å². The summed E-state index contributed by atoms with van der Waals surface area (Å²) in [6.45, 7) is 3.75. The summed E-state index contributed by atoms with van der Waals surface area (Å²) < 4.78 is 7.60. The standard InChI is InChI=1S/C21H21N3O4/c1-2-15-14-7-8-24(20(14)23-10-22-15)21-18(27)17(26)19(28-21)16(25)13-6-4-11-3-5-12(11)9-13/h2,4,6-10,16-19,21,25-27H,1,3,5H2/t16-,17+,18-,19-,21-/m1/s1. The number of nitrogens with zero attached hydrogens (tertiary/aromatic N) is 3. The summed E-state index contributed by atoms with van der Waals surface area (Å²) >= 11 is 0. The van der Waals surface area contributed by atoms with E-state index in [-0.39, 0.29) is 0 Å². The first-order valence-electron chi connectivity index (χ1n) is 9.34. The lowest BCUT2D eigenvalue weighted by Gasteiger charge is -2.25. The second-order valence-electron chi connectivity index (χ2n) is 7.37. The Bertz CT molecular complexity index is 1060. The Labute approximate surface area is 161 Å². The van der Waals surface area contributed by atoms with Crippen LogP contribution >= 0.6 is 0 Å². The number of hydrogen-bond acceptors (Lipinski definition) is 6. The minimum absolute atomic E-state index is 0.567. The Morgan fingerprint density at radius 1 is 1.14 bits per heavy atom. The maximum Gasteiger partial charge on any atom is 0.164 e. The molecule has 144 valence electrons. The van der Waals surface area contributed by atoms with Crippen LogP contribution in [0.15, 0.2) is 43.4 Å². The zero-order valence-electron chi connectivity index (χ0n) is 15.1. The monoisotopic (exact) mass is 379 g/mol.